The summed E-state index contributed by atoms with van der Waals surface area (Å²) in [5.74, 6) is 0.473. The molecule has 0 aliphatic carbocycles. The van der Waals surface area contributed by atoms with E-state index in [1.165, 1.54) is 0 Å². The fourth-order valence-electron chi connectivity index (χ4n) is 0.879. The number of azide groups is 1. The van der Waals surface area contributed by atoms with E-state index < -0.39 is 0 Å². The van der Waals surface area contributed by atoms with Crippen molar-refractivity contribution in [3.8, 4) is 0 Å². The first-order valence-electron chi connectivity index (χ1n) is 3.02. The van der Waals surface area contributed by atoms with Crippen molar-refractivity contribution in [2.45, 2.75) is 6.42 Å². The van der Waals surface area contributed by atoms with Crippen LogP contribution in [0.1, 0.15) is 6.42 Å². The van der Waals surface area contributed by atoms with Crippen molar-refractivity contribution in [3.05, 3.63) is 10.4 Å². The van der Waals surface area contributed by atoms with Crippen molar-refractivity contribution in [1.82, 2.24) is 0 Å². The first-order valence-corrected chi connectivity index (χ1v) is 3.02. The molecule has 0 amide bonds. The van der Waals surface area contributed by atoms with Gasteiger partial charge in [0.25, 0.3) is 0 Å². The van der Waals surface area contributed by atoms with Crippen LogP contribution in [-0.4, -0.2) is 19.8 Å². The van der Waals surface area contributed by atoms with Gasteiger partial charge in [-0.2, -0.15) is 0 Å². The third kappa shape index (κ3) is 1.91. The first-order chi connectivity index (χ1) is 4.43. The lowest BCUT2D eigenvalue weighted by atomic mass is 10.1. The minimum atomic E-state index is 0.473. The highest BCUT2D eigenvalue weighted by Gasteiger charge is 2.13. The van der Waals surface area contributed by atoms with Gasteiger partial charge < -0.3 is 4.74 Å². The van der Waals surface area contributed by atoms with Crippen molar-refractivity contribution in [3.63, 3.8) is 0 Å². The topological polar surface area (TPSA) is 58.0 Å². The van der Waals surface area contributed by atoms with Gasteiger partial charge in [0.05, 0.1) is 0 Å². The Morgan fingerprint density at radius 3 is 3.22 bits per heavy atom. The molecule has 0 unspecified atom stereocenters. The molecule has 1 aliphatic heterocycles. The normalized spacial score (nSPS) is 25.6. The summed E-state index contributed by atoms with van der Waals surface area (Å²) in [7, 11) is 0. The Balaban J connectivity index is 2.18. The van der Waals surface area contributed by atoms with E-state index in [9.17, 15) is 0 Å². The number of hydrogen-bond acceptors (Lipinski definition) is 2. The molecule has 9 heavy (non-hydrogen) atoms. The van der Waals surface area contributed by atoms with Gasteiger partial charge in [0.15, 0.2) is 0 Å². The Labute approximate surface area is 53.4 Å². The second-order valence-electron chi connectivity index (χ2n) is 2.14. The predicted molar refractivity (Wildman–Crippen MR) is 32.9 cm³/mol. The third-order valence-corrected chi connectivity index (χ3v) is 1.43. The van der Waals surface area contributed by atoms with Crippen LogP contribution in [0.25, 0.3) is 10.4 Å². The van der Waals surface area contributed by atoms with Crippen LogP contribution in [0.3, 0.4) is 0 Å². The van der Waals surface area contributed by atoms with Gasteiger partial charge in [0, 0.05) is 24.7 Å². The van der Waals surface area contributed by atoms with Crippen LogP contribution in [0.15, 0.2) is 5.11 Å². The zero-order valence-electron chi connectivity index (χ0n) is 5.16. The zero-order chi connectivity index (χ0) is 6.53. The summed E-state index contributed by atoms with van der Waals surface area (Å²) >= 11 is 0. The molecule has 0 N–H and O–H groups in total. The number of hydrogen-bond donors (Lipinski definition) is 0. The molecule has 1 fully saturated rings. The van der Waals surface area contributed by atoms with Gasteiger partial charge in [0.2, 0.25) is 0 Å². The van der Waals surface area contributed by atoms with Crippen LogP contribution < -0.4 is 0 Å². The second kappa shape index (κ2) is 3.33. The van der Waals surface area contributed by atoms with E-state index in [4.69, 9.17) is 10.3 Å². The molecule has 0 radical (unpaired) electrons. The quantitative estimate of drug-likeness (QED) is 0.313. The standard InChI is InChI=1S/C5H9N3O/c6-8-7-3-5-1-2-9-4-5/h5H,1-4H2/t5-/m1/s1. The molecular weight excluding hydrogens is 118 g/mol. The summed E-state index contributed by atoms with van der Waals surface area (Å²) in [5.41, 5.74) is 7.94. The van der Waals surface area contributed by atoms with Crippen molar-refractivity contribution >= 4 is 0 Å². The maximum Gasteiger partial charge on any atom is 0.0496 e. The lowest BCUT2D eigenvalue weighted by molar-refractivity contribution is 0.187. The van der Waals surface area contributed by atoms with Gasteiger partial charge in [-0.25, -0.2) is 0 Å². The fraction of sp³-hybridized carbons (Fsp3) is 1.00. The zero-order valence-corrected chi connectivity index (χ0v) is 5.16. The number of ether oxygens (including phenoxy) is 1. The average Bonchev–Trinajstić information content (AvgIpc) is 2.34. The van der Waals surface area contributed by atoms with E-state index in [-0.39, 0.29) is 0 Å². The van der Waals surface area contributed by atoms with Crippen LogP contribution in [0, 0.1) is 5.92 Å². The van der Waals surface area contributed by atoms with Gasteiger partial charge in [-0.15, -0.1) is 0 Å². The van der Waals surface area contributed by atoms with Gasteiger partial charge in [-0.1, -0.05) is 5.11 Å². The molecule has 1 rings (SSSR count). The van der Waals surface area contributed by atoms with Gasteiger partial charge in [0.1, 0.15) is 0 Å². The minimum absolute atomic E-state index is 0.473. The van der Waals surface area contributed by atoms with Crippen molar-refractivity contribution in [1.29, 1.82) is 0 Å². The van der Waals surface area contributed by atoms with Crippen LogP contribution in [0.4, 0.5) is 0 Å². The highest BCUT2D eigenvalue weighted by Crippen LogP contribution is 2.11. The SMILES string of the molecule is [N-]=[N+]=NC[C@H]1CCOC1. The third-order valence-electron chi connectivity index (χ3n) is 1.43. The van der Waals surface area contributed by atoms with Gasteiger partial charge in [-0.3, -0.25) is 0 Å². The molecule has 0 spiro atoms. The van der Waals surface area contributed by atoms with Crippen molar-refractivity contribution < 1.29 is 4.74 Å². The fourth-order valence-corrected chi connectivity index (χ4v) is 0.879. The first kappa shape index (κ1) is 6.39. The summed E-state index contributed by atoms with van der Waals surface area (Å²) in [4.78, 5) is 2.67. The molecule has 4 nitrogen and oxygen atoms in total. The van der Waals surface area contributed by atoms with E-state index in [0.29, 0.717) is 12.5 Å². The summed E-state index contributed by atoms with van der Waals surface area (Å²) in [6, 6.07) is 0. The summed E-state index contributed by atoms with van der Waals surface area (Å²) in [6.07, 6.45) is 1.04. The molecular formula is C5H9N3O. The Bertz CT molecular complexity index is 124. The molecule has 0 saturated carbocycles. The molecule has 4 heteroatoms. The van der Waals surface area contributed by atoms with E-state index in [1.54, 1.807) is 0 Å². The average molecular weight is 127 g/mol. The minimum Gasteiger partial charge on any atom is -0.381 e. The molecule has 1 aliphatic rings. The molecule has 0 bridgehead atoms. The van der Waals surface area contributed by atoms with Crippen LogP contribution in [-0.2, 0) is 4.74 Å². The van der Waals surface area contributed by atoms with Gasteiger partial charge in [-0.05, 0) is 17.9 Å². The maximum atomic E-state index is 7.94. The lowest BCUT2D eigenvalue weighted by Gasteiger charge is -1.97. The van der Waals surface area contributed by atoms with Crippen LogP contribution >= 0.6 is 0 Å². The van der Waals surface area contributed by atoms with E-state index in [2.05, 4.69) is 10.0 Å². The predicted octanol–water partition coefficient (Wildman–Crippen LogP) is 1.33. The Kier molecular flexibility index (Phi) is 2.36. The second-order valence-corrected chi connectivity index (χ2v) is 2.14. The highest BCUT2D eigenvalue weighted by atomic mass is 16.5. The molecule has 1 heterocycles. The monoisotopic (exact) mass is 127 g/mol. The van der Waals surface area contributed by atoms with Crippen molar-refractivity contribution in [2.75, 3.05) is 19.8 Å². The summed E-state index contributed by atoms with van der Waals surface area (Å²) in [6.45, 7) is 2.18. The van der Waals surface area contributed by atoms with E-state index >= 15 is 0 Å². The van der Waals surface area contributed by atoms with Gasteiger partial charge >= 0.3 is 0 Å². The van der Waals surface area contributed by atoms with Crippen LogP contribution in [0.5, 0.6) is 0 Å². The Morgan fingerprint density at radius 2 is 2.67 bits per heavy atom. The van der Waals surface area contributed by atoms with Crippen LogP contribution in [0.2, 0.25) is 0 Å². The van der Waals surface area contributed by atoms with E-state index in [0.717, 1.165) is 19.6 Å². The number of nitrogens with zero attached hydrogens (tertiary/aromatic N) is 3. The molecule has 1 saturated heterocycles. The molecule has 1 atom stereocenters. The largest absolute Gasteiger partial charge is 0.381 e. The van der Waals surface area contributed by atoms with E-state index in [1.807, 2.05) is 0 Å². The summed E-state index contributed by atoms with van der Waals surface area (Å²) in [5, 5.41) is 3.45. The molecule has 0 aromatic heterocycles. The molecule has 50 valence electrons. The highest BCUT2D eigenvalue weighted by molar-refractivity contribution is 4.66. The smallest absolute Gasteiger partial charge is 0.0496 e. The maximum absolute atomic E-state index is 7.94. The van der Waals surface area contributed by atoms with Crippen molar-refractivity contribution in [2.24, 2.45) is 11.0 Å². The summed E-state index contributed by atoms with van der Waals surface area (Å²) < 4.78 is 5.07. The Morgan fingerprint density at radius 1 is 1.78 bits per heavy atom. The Hall–Kier alpha value is -0.730. The molecule has 0 aromatic carbocycles. The lowest BCUT2D eigenvalue weighted by Crippen LogP contribution is -2.01. The number of rotatable bonds is 2. The molecule has 0 aromatic rings.